The molecule has 1 aliphatic heterocycles. The zero-order chi connectivity index (χ0) is 27.9. The summed E-state index contributed by atoms with van der Waals surface area (Å²) in [5.74, 6) is 0. The highest BCUT2D eigenvalue weighted by Gasteiger charge is 2.28. The van der Waals surface area contributed by atoms with E-state index in [4.69, 9.17) is 0 Å². The lowest BCUT2D eigenvalue weighted by Crippen LogP contribution is -2.40. The van der Waals surface area contributed by atoms with Crippen LogP contribution in [-0.2, 0) is 26.6 Å². The zero-order valence-corrected chi connectivity index (χ0v) is 24.5. The quantitative estimate of drug-likeness (QED) is 0.431. The average molecular weight is 570 g/mol. The summed E-state index contributed by atoms with van der Waals surface area (Å²) in [6.45, 7) is 7.31. The molecule has 0 aliphatic carbocycles. The highest BCUT2D eigenvalue weighted by atomic mass is 32.2. The molecule has 7 nitrogen and oxygen atoms in total. The van der Waals surface area contributed by atoms with Crippen molar-refractivity contribution in [3.8, 4) is 0 Å². The maximum Gasteiger partial charge on any atom is 0.243 e. The Hall–Kier alpha value is -2.56. The number of nitrogens with zero attached hydrogens (tertiary/aromatic N) is 3. The lowest BCUT2D eigenvalue weighted by molar-refractivity contribution is 0.231. The molecule has 1 heterocycles. The highest BCUT2D eigenvalue weighted by Crippen LogP contribution is 2.21. The largest absolute Gasteiger partial charge is 0.299 e. The summed E-state index contributed by atoms with van der Waals surface area (Å²) in [4.78, 5) is 2.83. The van der Waals surface area contributed by atoms with Crippen LogP contribution in [0.25, 0.3) is 0 Å². The number of rotatable bonds is 6. The van der Waals surface area contributed by atoms with Crippen molar-refractivity contribution in [1.82, 2.24) is 13.5 Å². The van der Waals surface area contributed by atoms with Gasteiger partial charge in [-0.25, -0.2) is 16.8 Å². The first kappa shape index (κ1) is 29.4. The molecular formula is C30H39N3O4S2. The molecule has 0 aromatic heterocycles. The Labute approximate surface area is 234 Å². The first-order valence-electron chi connectivity index (χ1n) is 13.6. The van der Waals surface area contributed by atoms with E-state index < -0.39 is 20.0 Å². The topological polar surface area (TPSA) is 78.0 Å². The van der Waals surface area contributed by atoms with Crippen molar-refractivity contribution in [2.24, 2.45) is 0 Å². The third-order valence-corrected chi connectivity index (χ3v) is 11.0. The molecule has 3 aromatic carbocycles. The number of benzene rings is 3. The first-order valence-corrected chi connectivity index (χ1v) is 16.4. The van der Waals surface area contributed by atoms with Gasteiger partial charge in [0.05, 0.1) is 9.79 Å². The van der Waals surface area contributed by atoms with E-state index in [0.29, 0.717) is 32.4 Å². The number of sulfonamides is 2. The molecule has 0 saturated carbocycles. The van der Waals surface area contributed by atoms with Gasteiger partial charge >= 0.3 is 0 Å². The summed E-state index contributed by atoms with van der Waals surface area (Å²) in [6.07, 6.45) is 1.82. The van der Waals surface area contributed by atoms with Gasteiger partial charge in [0.1, 0.15) is 0 Å². The first-order chi connectivity index (χ1) is 18.7. The molecule has 1 fully saturated rings. The zero-order valence-electron chi connectivity index (χ0n) is 22.9. The second-order valence-corrected chi connectivity index (χ2v) is 14.1. The molecule has 9 heteroatoms. The number of aryl methyl sites for hydroxylation is 2. The normalized spacial score (nSPS) is 17.8. The van der Waals surface area contributed by atoms with Gasteiger partial charge in [-0.15, -0.1) is 0 Å². The maximum absolute atomic E-state index is 13.6. The van der Waals surface area contributed by atoms with E-state index in [2.05, 4.69) is 17.0 Å². The predicted molar refractivity (Wildman–Crippen MR) is 155 cm³/mol. The second-order valence-electron chi connectivity index (χ2n) is 10.3. The van der Waals surface area contributed by atoms with Crippen LogP contribution in [0.4, 0.5) is 0 Å². The lowest BCUT2D eigenvalue weighted by Gasteiger charge is -2.29. The molecule has 39 heavy (non-hydrogen) atoms. The third kappa shape index (κ3) is 7.77. The van der Waals surface area contributed by atoms with E-state index in [1.165, 1.54) is 14.2 Å². The second kappa shape index (κ2) is 13.2. The monoisotopic (exact) mass is 569 g/mol. The SMILES string of the molecule is Cc1ccc(S(=O)(=O)N2CCCN(Cc3ccccc3)CCCN(S(=O)(=O)c3ccc(C)cc3)CCC2)cc1. The molecule has 0 radical (unpaired) electrons. The van der Waals surface area contributed by atoms with Crippen LogP contribution in [0.3, 0.4) is 0 Å². The van der Waals surface area contributed by atoms with Crippen LogP contribution in [0.15, 0.2) is 88.7 Å². The fraction of sp³-hybridized carbons (Fsp3) is 0.400. The van der Waals surface area contributed by atoms with Crippen LogP contribution in [0.1, 0.15) is 36.0 Å². The molecule has 4 rings (SSSR count). The Morgan fingerprint density at radius 2 is 0.923 bits per heavy atom. The van der Waals surface area contributed by atoms with Crippen molar-refractivity contribution in [3.05, 3.63) is 95.6 Å². The van der Waals surface area contributed by atoms with E-state index in [-0.39, 0.29) is 22.9 Å². The number of hydrogen-bond acceptors (Lipinski definition) is 5. The molecule has 0 atom stereocenters. The van der Waals surface area contributed by atoms with Gasteiger partial charge in [-0.3, -0.25) is 4.90 Å². The third-order valence-electron chi connectivity index (χ3n) is 7.15. The van der Waals surface area contributed by atoms with Crippen LogP contribution in [0.5, 0.6) is 0 Å². The van der Waals surface area contributed by atoms with Gasteiger partial charge in [0.15, 0.2) is 0 Å². The van der Waals surface area contributed by atoms with Gasteiger partial charge in [-0.2, -0.15) is 8.61 Å². The molecular weight excluding hydrogens is 530 g/mol. The molecule has 1 aliphatic rings. The van der Waals surface area contributed by atoms with Crippen LogP contribution in [0.2, 0.25) is 0 Å². The van der Waals surface area contributed by atoms with Gasteiger partial charge in [0, 0.05) is 32.7 Å². The Balaban J connectivity index is 1.59. The van der Waals surface area contributed by atoms with Crippen LogP contribution >= 0.6 is 0 Å². The molecule has 0 bridgehead atoms. The van der Waals surface area contributed by atoms with E-state index in [9.17, 15) is 16.8 Å². The van der Waals surface area contributed by atoms with Gasteiger partial charge in [-0.05, 0) is 76.0 Å². The van der Waals surface area contributed by atoms with Crippen molar-refractivity contribution >= 4 is 20.0 Å². The maximum atomic E-state index is 13.6. The molecule has 0 spiro atoms. The summed E-state index contributed by atoms with van der Waals surface area (Å²) in [5.41, 5.74) is 3.17. The highest BCUT2D eigenvalue weighted by molar-refractivity contribution is 7.89. The van der Waals surface area contributed by atoms with Crippen molar-refractivity contribution in [3.63, 3.8) is 0 Å². The van der Waals surface area contributed by atoms with Gasteiger partial charge < -0.3 is 0 Å². The Morgan fingerprint density at radius 1 is 0.538 bits per heavy atom. The van der Waals surface area contributed by atoms with Crippen molar-refractivity contribution < 1.29 is 16.8 Å². The van der Waals surface area contributed by atoms with Crippen molar-refractivity contribution in [2.75, 3.05) is 39.3 Å². The predicted octanol–water partition coefficient (Wildman–Crippen LogP) is 4.67. The van der Waals surface area contributed by atoms with E-state index in [1.54, 1.807) is 48.5 Å². The van der Waals surface area contributed by atoms with E-state index in [1.807, 2.05) is 32.0 Å². The van der Waals surface area contributed by atoms with Gasteiger partial charge in [0.2, 0.25) is 20.0 Å². The summed E-state index contributed by atoms with van der Waals surface area (Å²) in [5, 5.41) is 0. The minimum Gasteiger partial charge on any atom is -0.299 e. The van der Waals surface area contributed by atoms with Crippen molar-refractivity contribution in [1.29, 1.82) is 0 Å². The summed E-state index contributed by atoms with van der Waals surface area (Å²) < 4.78 is 57.5. The summed E-state index contributed by atoms with van der Waals surface area (Å²) in [7, 11) is -7.41. The minimum atomic E-state index is -3.71. The molecule has 3 aromatic rings. The molecule has 210 valence electrons. The molecule has 0 unspecified atom stereocenters. The standard InChI is InChI=1S/C30H39N3O4S2/c1-26-11-15-29(16-12-26)38(34,35)32-21-6-19-31(25-28-9-4-3-5-10-28)20-7-22-33(24-8-23-32)39(36,37)30-17-13-27(2)14-18-30/h3-5,9-18H,6-8,19-25H2,1-2H3. The average Bonchev–Trinajstić information content (AvgIpc) is 2.91. The van der Waals surface area contributed by atoms with Crippen molar-refractivity contribution in [2.45, 2.75) is 49.4 Å². The lowest BCUT2D eigenvalue weighted by atomic mass is 10.2. The van der Waals surface area contributed by atoms with Crippen LogP contribution < -0.4 is 0 Å². The molecule has 0 amide bonds. The van der Waals surface area contributed by atoms with Gasteiger partial charge in [0.25, 0.3) is 0 Å². The van der Waals surface area contributed by atoms with E-state index >= 15 is 0 Å². The van der Waals surface area contributed by atoms with Crippen LogP contribution in [0, 0.1) is 13.8 Å². The minimum absolute atomic E-state index is 0.259. The smallest absolute Gasteiger partial charge is 0.243 e. The summed E-state index contributed by atoms with van der Waals surface area (Å²) in [6, 6.07) is 24.0. The molecule has 0 N–H and O–H groups in total. The Kier molecular flexibility index (Phi) is 9.96. The van der Waals surface area contributed by atoms with E-state index in [0.717, 1.165) is 30.8 Å². The van der Waals surface area contributed by atoms with Gasteiger partial charge in [-0.1, -0.05) is 65.7 Å². The molecule has 1 saturated heterocycles. The fourth-order valence-electron chi connectivity index (χ4n) is 4.90. The van der Waals surface area contributed by atoms with Crippen LogP contribution in [-0.4, -0.2) is 69.6 Å². The number of hydrogen-bond donors (Lipinski definition) is 0. The Bertz CT molecular complexity index is 1320. The fourth-order valence-corrected chi connectivity index (χ4v) is 7.93. The summed E-state index contributed by atoms with van der Waals surface area (Å²) >= 11 is 0. The Morgan fingerprint density at radius 3 is 1.33 bits per heavy atom.